The Bertz CT molecular complexity index is 551. The van der Waals surface area contributed by atoms with Crippen LogP contribution in [0.2, 0.25) is 0 Å². The first-order valence-corrected chi connectivity index (χ1v) is 6.65. The van der Waals surface area contributed by atoms with Crippen LogP contribution in [0.3, 0.4) is 0 Å². The van der Waals surface area contributed by atoms with Crippen molar-refractivity contribution in [3.05, 3.63) is 35.6 Å². The van der Waals surface area contributed by atoms with E-state index in [1.807, 2.05) is 0 Å². The molecule has 0 saturated heterocycles. The van der Waals surface area contributed by atoms with Crippen molar-refractivity contribution >= 4 is 17.9 Å². The number of hydrogen-bond donors (Lipinski definition) is 3. The van der Waals surface area contributed by atoms with Crippen molar-refractivity contribution in [2.45, 2.75) is 6.42 Å². The molecule has 22 heavy (non-hydrogen) atoms. The molecule has 0 aliphatic carbocycles. The molecule has 120 valence electrons. The SMILES string of the molecule is CN(CCC(=O)O)C(=O)NCCNC(=O)c1ccccc1F. The van der Waals surface area contributed by atoms with E-state index in [-0.39, 0.29) is 31.6 Å². The van der Waals surface area contributed by atoms with Crippen molar-refractivity contribution < 1.29 is 23.9 Å². The third kappa shape index (κ3) is 5.78. The Morgan fingerprint density at radius 1 is 1.18 bits per heavy atom. The molecule has 0 radical (unpaired) electrons. The number of carbonyl (C=O) groups excluding carboxylic acids is 2. The second-order valence-electron chi connectivity index (χ2n) is 4.53. The molecule has 0 aromatic heterocycles. The molecular formula is C14H18FN3O4. The van der Waals surface area contributed by atoms with Crippen molar-refractivity contribution in [3.63, 3.8) is 0 Å². The van der Waals surface area contributed by atoms with E-state index in [4.69, 9.17) is 5.11 Å². The number of carbonyl (C=O) groups is 3. The van der Waals surface area contributed by atoms with Gasteiger partial charge in [0, 0.05) is 26.7 Å². The highest BCUT2D eigenvalue weighted by Crippen LogP contribution is 2.05. The molecule has 0 atom stereocenters. The first-order chi connectivity index (χ1) is 10.4. The first kappa shape index (κ1) is 17.4. The molecule has 1 aromatic carbocycles. The Balaban J connectivity index is 2.27. The number of carboxylic acids is 1. The second kappa shape index (κ2) is 8.60. The number of urea groups is 1. The van der Waals surface area contributed by atoms with Crippen LogP contribution in [-0.2, 0) is 4.79 Å². The summed E-state index contributed by atoms with van der Waals surface area (Å²) in [5.41, 5.74) is -0.0626. The summed E-state index contributed by atoms with van der Waals surface area (Å²) in [6.07, 6.45) is -0.145. The predicted octanol–water partition coefficient (Wildman–Crippen LogP) is 0.672. The van der Waals surface area contributed by atoms with Crippen LogP contribution >= 0.6 is 0 Å². The molecule has 0 aliphatic rings. The molecule has 0 saturated carbocycles. The van der Waals surface area contributed by atoms with E-state index in [9.17, 15) is 18.8 Å². The van der Waals surface area contributed by atoms with Gasteiger partial charge in [0.2, 0.25) is 0 Å². The molecule has 3 N–H and O–H groups in total. The lowest BCUT2D eigenvalue weighted by molar-refractivity contribution is -0.137. The van der Waals surface area contributed by atoms with Crippen molar-refractivity contribution in [2.24, 2.45) is 0 Å². The minimum atomic E-state index is -0.989. The molecule has 3 amide bonds. The largest absolute Gasteiger partial charge is 0.481 e. The van der Waals surface area contributed by atoms with Crippen molar-refractivity contribution in [1.29, 1.82) is 0 Å². The molecule has 7 nitrogen and oxygen atoms in total. The molecule has 0 unspecified atom stereocenters. The van der Waals surface area contributed by atoms with Crippen LogP contribution in [-0.4, -0.2) is 54.6 Å². The van der Waals surface area contributed by atoms with Gasteiger partial charge in [-0.15, -0.1) is 0 Å². The quantitative estimate of drug-likeness (QED) is 0.645. The number of carboxylic acid groups (broad SMARTS) is 1. The summed E-state index contributed by atoms with van der Waals surface area (Å²) in [5, 5.41) is 13.5. The fourth-order valence-corrected chi connectivity index (χ4v) is 1.59. The predicted molar refractivity (Wildman–Crippen MR) is 77.0 cm³/mol. The number of amides is 3. The molecule has 8 heteroatoms. The topological polar surface area (TPSA) is 98.7 Å². The Kier molecular flexibility index (Phi) is 6.81. The third-order valence-electron chi connectivity index (χ3n) is 2.81. The van der Waals surface area contributed by atoms with Gasteiger partial charge in [-0.3, -0.25) is 9.59 Å². The fourth-order valence-electron chi connectivity index (χ4n) is 1.59. The van der Waals surface area contributed by atoms with Gasteiger partial charge in [-0.2, -0.15) is 0 Å². The highest BCUT2D eigenvalue weighted by Gasteiger charge is 2.11. The Morgan fingerprint density at radius 2 is 1.82 bits per heavy atom. The molecule has 0 bridgehead atoms. The first-order valence-electron chi connectivity index (χ1n) is 6.65. The minimum absolute atomic E-state index is 0.0626. The van der Waals surface area contributed by atoms with E-state index in [1.54, 1.807) is 6.07 Å². The summed E-state index contributed by atoms with van der Waals surface area (Å²) in [7, 11) is 1.47. The van der Waals surface area contributed by atoms with Crippen LogP contribution in [0, 0.1) is 5.82 Å². The van der Waals surface area contributed by atoms with E-state index in [0.29, 0.717) is 0 Å². The highest BCUT2D eigenvalue weighted by atomic mass is 19.1. The van der Waals surface area contributed by atoms with Crippen LogP contribution in [0.1, 0.15) is 16.8 Å². The number of benzene rings is 1. The van der Waals surface area contributed by atoms with Crippen LogP contribution in [0.4, 0.5) is 9.18 Å². The lowest BCUT2D eigenvalue weighted by atomic mass is 10.2. The molecule has 0 heterocycles. The second-order valence-corrected chi connectivity index (χ2v) is 4.53. The smallest absolute Gasteiger partial charge is 0.317 e. The summed E-state index contributed by atoms with van der Waals surface area (Å²) >= 11 is 0. The number of hydrogen-bond acceptors (Lipinski definition) is 3. The molecule has 1 aromatic rings. The van der Waals surface area contributed by atoms with Gasteiger partial charge in [-0.05, 0) is 12.1 Å². The average molecular weight is 311 g/mol. The van der Waals surface area contributed by atoms with Crippen molar-refractivity contribution in [2.75, 3.05) is 26.7 Å². The van der Waals surface area contributed by atoms with Crippen molar-refractivity contribution in [3.8, 4) is 0 Å². The van der Waals surface area contributed by atoms with E-state index in [1.165, 1.54) is 30.1 Å². The standard InChI is InChI=1S/C14H18FN3O4/c1-18(9-6-12(19)20)14(22)17-8-7-16-13(21)10-4-2-3-5-11(10)15/h2-5H,6-9H2,1H3,(H,16,21)(H,17,22)(H,19,20). The lowest BCUT2D eigenvalue weighted by Crippen LogP contribution is -2.42. The summed E-state index contributed by atoms with van der Waals surface area (Å²) in [6.45, 7) is 0.366. The zero-order chi connectivity index (χ0) is 16.5. The van der Waals surface area contributed by atoms with Gasteiger partial charge in [0.25, 0.3) is 5.91 Å². The zero-order valence-electron chi connectivity index (χ0n) is 12.1. The van der Waals surface area contributed by atoms with E-state index in [0.717, 1.165) is 0 Å². The van der Waals surface area contributed by atoms with E-state index in [2.05, 4.69) is 10.6 Å². The van der Waals surface area contributed by atoms with Gasteiger partial charge in [-0.25, -0.2) is 9.18 Å². The fraction of sp³-hybridized carbons (Fsp3) is 0.357. The minimum Gasteiger partial charge on any atom is -0.481 e. The number of rotatable bonds is 7. The van der Waals surface area contributed by atoms with Crippen LogP contribution in [0.5, 0.6) is 0 Å². The van der Waals surface area contributed by atoms with Gasteiger partial charge in [0.05, 0.1) is 12.0 Å². The van der Waals surface area contributed by atoms with Crippen LogP contribution < -0.4 is 10.6 Å². The lowest BCUT2D eigenvalue weighted by Gasteiger charge is -2.17. The van der Waals surface area contributed by atoms with Gasteiger partial charge in [-0.1, -0.05) is 12.1 Å². The van der Waals surface area contributed by atoms with Crippen molar-refractivity contribution in [1.82, 2.24) is 15.5 Å². The highest BCUT2D eigenvalue weighted by molar-refractivity contribution is 5.94. The number of nitrogens with zero attached hydrogens (tertiary/aromatic N) is 1. The average Bonchev–Trinajstić information content (AvgIpc) is 2.49. The molecule has 0 spiro atoms. The monoisotopic (exact) mass is 311 g/mol. The normalized spacial score (nSPS) is 9.91. The summed E-state index contributed by atoms with van der Waals surface area (Å²) in [4.78, 5) is 34.9. The summed E-state index contributed by atoms with van der Waals surface area (Å²) in [6, 6.07) is 5.15. The summed E-state index contributed by atoms with van der Waals surface area (Å²) in [5.74, 6) is -2.17. The van der Waals surface area contributed by atoms with Gasteiger partial charge in [0.15, 0.2) is 0 Å². The molecular weight excluding hydrogens is 293 g/mol. The maximum Gasteiger partial charge on any atom is 0.317 e. The maximum absolute atomic E-state index is 13.3. The van der Waals surface area contributed by atoms with E-state index < -0.39 is 23.7 Å². The Hall–Kier alpha value is -2.64. The number of nitrogens with one attached hydrogen (secondary N) is 2. The zero-order valence-corrected chi connectivity index (χ0v) is 12.1. The molecule has 0 fully saturated rings. The van der Waals surface area contributed by atoms with Gasteiger partial charge >= 0.3 is 12.0 Å². The third-order valence-corrected chi connectivity index (χ3v) is 2.81. The number of halogens is 1. The van der Waals surface area contributed by atoms with Gasteiger partial charge in [0.1, 0.15) is 5.82 Å². The van der Waals surface area contributed by atoms with Crippen LogP contribution in [0.25, 0.3) is 0 Å². The Morgan fingerprint density at radius 3 is 2.45 bits per heavy atom. The molecule has 0 aliphatic heterocycles. The van der Waals surface area contributed by atoms with Crippen LogP contribution in [0.15, 0.2) is 24.3 Å². The van der Waals surface area contributed by atoms with Gasteiger partial charge < -0.3 is 20.6 Å². The maximum atomic E-state index is 13.3. The molecule has 1 rings (SSSR count). The van der Waals surface area contributed by atoms with E-state index >= 15 is 0 Å². The number of aliphatic carboxylic acids is 1. The summed E-state index contributed by atoms with van der Waals surface area (Å²) < 4.78 is 13.3. The Labute approximate surface area is 127 Å².